The van der Waals surface area contributed by atoms with Gasteiger partial charge in [0.2, 0.25) is 0 Å². The molecule has 0 aromatic carbocycles. The third-order valence-corrected chi connectivity index (χ3v) is 7.17. The molecule has 15 heavy (non-hydrogen) atoms. The van der Waals surface area contributed by atoms with Crippen LogP contribution in [-0.2, 0) is 9.47 Å². The maximum absolute atomic E-state index is 5.42. The van der Waals surface area contributed by atoms with Crippen LogP contribution >= 0.6 is 48.8 Å². The molecule has 0 bridgehead atoms. The summed E-state index contributed by atoms with van der Waals surface area (Å²) >= 11 is 12.3. The Morgan fingerprint density at radius 1 is 1.20 bits per heavy atom. The van der Waals surface area contributed by atoms with Crippen molar-refractivity contribution in [3.63, 3.8) is 0 Å². The highest BCUT2D eigenvalue weighted by molar-refractivity contribution is 8.05. The average molecular weight is 284 g/mol. The average Bonchev–Trinajstić information content (AvgIpc) is 2.90. The maximum Gasteiger partial charge on any atom is 0.148 e. The van der Waals surface area contributed by atoms with Gasteiger partial charge in [0, 0.05) is 11.0 Å². The number of rotatable bonds is 5. The van der Waals surface area contributed by atoms with Crippen LogP contribution in [-0.4, -0.2) is 31.7 Å². The summed E-state index contributed by atoms with van der Waals surface area (Å²) in [5, 5.41) is 0.540. The summed E-state index contributed by atoms with van der Waals surface area (Å²) < 4.78 is 10.8. The lowest BCUT2D eigenvalue weighted by Crippen LogP contribution is -2.13. The lowest BCUT2D eigenvalue weighted by Gasteiger charge is -2.15. The predicted molar refractivity (Wildman–Crippen MR) is 74.0 cm³/mol. The van der Waals surface area contributed by atoms with Crippen molar-refractivity contribution in [1.29, 1.82) is 0 Å². The molecule has 0 aliphatic carbocycles. The lowest BCUT2D eigenvalue weighted by molar-refractivity contribution is 0.393. The largest absolute Gasteiger partial charge is 0.343 e. The molecule has 2 heterocycles. The number of thiol groups is 2. The Labute approximate surface area is 110 Å². The van der Waals surface area contributed by atoms with Crippen molar-refractivity contribution < 1.29 is 9.47 Å². The molecule has 0 spiro atoms. The van der Waals surface area contributed by atoms with Gasteiger partial charge < -0.3 is 9.47 Å². The van der Waals surface area contributed by atoms with Crippen molar-refractivity contribution in [2.24, 2.45) is 0 Å². The summed E-state index contributed by atoms with van der Waals surface area (Å²) in [5.41, 5.74) is 0.199. The highest BCUT2D eigenvalue weighted by Gasteiger charge is 2.53. The van der Waals surface area contributed by atoms with Gasteiger partial charge in [-0.3, -0.25) is 0 Å². The predicted octanol–water partition coefficient (Wildman–Crippen LogP) is 2.85. The van der Waals surface area contributed by atoms with Gasteiger partial charge in [0.25, 0.3) is 0 Å². The van der Waals surface area contributed by atoms with E-state index in [1.165, 1.54) is 0 Å². The zero-order valence-electron chi connectivity index (χ0n) is 8.97. The summed E-state index contributed by atoms with van der Waals surface area (Å²) in [6.45, 7) is 6.39. The van der Waals surface area contributed by atoms with E-state index in [1.807, 2.05) is 23.5 Å². The Hall–Kier alpha value is 1.32. The van der Waals surface area contributed by atoms with Crippen LogP contribution < -0.4 is 0 Å². The minimum atomic E-state index is -0.0746. The second-order valence-electron chi connectivity index (χ2n) is 4.21. The Kier molecular flexibility index (Phi) is 3.58. The second-order valence-corrected chi connectivity index (χ2v) is 8.43. The molecule has 0 aromatic heterocycles. The summed E-state index contributed by atoms with van der Waals surface area (Å²) in [7, 11) is 0. The highest BCUT2D eigenvalue weighted by Crippen LogP contribution is 2.52. The van der Waals surface area contributed by atoms with Gasteiger partial charge >= 0.3 is 0 Å². The van der Waals surface area contributed by atoms with Crippen molar-refractivity contribution in [2.45, 2.75) is 46.8 Å². The smallest absolute Gasteiger partial charge is 0.148 e. The molecule has 2 fully saturated rings. The van der Waals surface area contributed by atoms with Gasteiger partial charge in [0.05, 0.1) is 0 Å². The van der Waals surface area contributed by atoms with Crippen molar-refractivity contribution in [3.8, 4) is 0 Å². The van der Waals surface area contributed by atoms with Gasteiger partial charge in [-0.1, -0.05) is 6.92 Å². The Balaban J connectivity index is 1.67. The van der Waals surface area contributed by atoms with Crippen LogP contribution in [0.25, 0.3) is 0 Å². The van der Waals surface area contributed by atoms with Gasteiger partial charge in [0.1, 0.15) is 20.7 Å². The summed E-state index contributed by atoms with van der Waals surface area (Å²) in [6, 6.07) is 0. The van der Waals surface area contributed by atoms with Gasteiger partial charge in [-0.25, -0.2) is 0 Å². The fourth-order valence-electron chi connectivity index (χ4n) is 1.28. The van der Waals surface area contributed by atoms with Gasteiger partial charge in [-0.15, -0.1) is 48.8 Å². The van der Waals surface area contributed by atoms with Crippen LogP contribution in [0.4, 0.5) is 0 Å². The van der Waals surface area contributed by atoms with E-state index in [4.69, 9.17) is 9.47 Å². The molecular weight excluding hydrogens is 268 g/mol. The molecule has 2 saturated heterocycles. The van der Waals surface area contributed by atoms with Gasteiger partial charge in [-0.2, -0.15) is 0 Å². The molecule has 2 nitrogen and oxygen atoms in total. The first-order valence-corrected chi connectivity index (χ1v) is 7.79. The molecule has 88 valence electrons. The van der Waals surface area contributed by atoms with E-state index < -0.39 is 0 Å². The van der Waals surface area contributed by atoms with Crippen LogP contribution in [0.5, 0.6) is 0 Å². The molecular formula is C9H16O2S4. The Morgan fingerprint density at radius 2 is 1.67 bits per heavy atom. The minimum Gasteiger partial charge on any atom is -0.343 e. The van der Waals surface area contributed by atoms with E-state index in [0.717, 1.165) is 5.75 Å². The lowest BCUT2D eigenvalue weighted by atomic mass is 10.5. The zero-order chi connectivity index (χ0) is 11.3. The van der Waals surface area contributed by atoms with Crippen molar-refractivity contribution >= 4 is 48.8 Å². The highest BCUT2D eigenvalue weighted by atomic mass is 32.2. The summed E-state index contributed by atoms with van der Waals surface area (Å²) in [5.74, 6) is 1.05. The van der Waals surface area contributed by atoms with Crippen molar-refractivity contribution in [3.05, 3.63) is 0 Å². The number of epoxide rings is 2. The number of hydrogen-bond acceptors (Lipinski definition) is 6. The van der Waals surface area contributed by atoms with E-state index >= 15 is 0 Å². The third kappa shape index (κ3) is 2.96. The van der Waals surface area contributed by atoms with Gasteiger partial charge in [0.15, 0.2) is 0 Å². The zero-order valence-corrected chi connectivity index (χ0v) is 12.4. The first-order valence-electron chi connectivity index (χ1n) is 4.89. The van der Waals surface area contributed by atoms with E-state index in [2.05, 4.69) is 46.0 Å². The normalized spacial score (nSPS) is 50.2. The molecule has 0 saturated carbocycles. The molecule has 0 N–H and O–H groups in total. The van der Waals surface area contributed by atoms with Crippen LogP contribution in [0.3, 0.4) is 0 Å². The van der Waals surface area contributed by atoms with E-state index in [9.17, 15) is 0 Å². The van der Waals surface area contributed by atoms with Crippen LogP contribution in [0.2, 0.25) is 0 Å². The SMILES string of the molecule is CC(CSC1(C)OC1S)SC1(C)OC1S. The van der Waals surface area contributed by atoms with Crippen molar-refractivity contribution in [2.75, 3.05) is 5.75 Å². The number of hydrogen-bond donors (Lipinski definition) is 2. The summed E-state index contributed by atoms with van der Waals surface area (Å²) in [4.78, 5) is -0.140. The fraction of sp³-hybridized carbons (Fsp3) is 1.00. The first kappa shape index (κ1) is 12.8. The second kappa shape index (κ2) is 4.21. The molecule has 2 aliphatic heterocycles. The molecule has 2 rings (SSSR count). The molecule has 0 radical (unpaired) electrons. The van der Waals surface area contributed by atoms with Crippen LogP contribution in [0, 0.1) is 0 Å². The Morgan fingerprint density at radius 3 is 2.07 bits per heavy atom. The fourth-order valence-corrected chi connectivity index (χ4v) is 4.69. The monoisotopic (exact) mass is 284 g/mol. The molecule has 0 aromatic rings. The number of ether oxygens (including phenoxy) is 2. The molecule has 6 heteroatoms. The molecule has 2 aliphatic rings. The summed E-state index contributed by atoms with van der Waals surface area (Å²) in [6.07, 6.45) is 0. The van der Waals surface area contributed by atoms with Gasteiger partial charge in [-0.05, 0) is 13.8 Å². The van der Waals surface area contributed by atoms with Crippen LogP contribution in [0.15, 0.2) is 0 Å². The van der Waals surface area contributed by atoms with E-state index in [-0.39, 0.29) is 20.7 Å². The van der Waals surface area contributed by atoms with E-state index in [0.29, 0.717) is 5.25 Å². The molecule has 5 unspecified atom stereocenters. The molecule has 5 atom stereocenters. The van der Waals surface area contributed by atoms with Crippen LogP contribution in [0.1, 0.15) is 20.8 Å². The third-order valence-electron chi connectivity index (χ3n) is 2.51. The first-order chi connectivity index (χ1) is 6.86. The molecule has 0 amide bonds. The standard InChI is InChI=1S/C9H16O2S4/c1-5(15-9(3)7(13)11-9)4-14-8(2)6(12)10-8/h5-7,12-13H,4H2,1-3H3. The quantitative estimate of drug-likeness (QED) is 0.599. The maximum atomic E-state index is 5.42. The van der Waals surface area contributed by atoms with E-state index in [1.54, 1.807) is 0 Å². The topological polar surface area (TPSA) is 25.1 Å². The minimum absolute atomic E-state index is 0.0659. The Bertz CT molecular complexity index is 264. The van der Waals surface area contributed by atoms with Crippen molar-refractivity contribution in [1.82, 2.24) is 0 Å². The number of thioether (sulfide) groups is 2.